The molecule has 0 atom stereocenters. The predicted molar refractivity (Wildman–Crippen MR) is 28.6 cm³/mol. The number of anilines is 1. The maximum Gasteiger partial charge on any atom is 0.0344 e. The number of aromatic nitrogens is 1. The molecular weight excluding hydrogens is 144 g/mol. The van der Waals surface area contributed by atoms with Crippen molar-refractivity contribution in [2.24, 2.45) is 0 Å². The number of nitrogens with zero attached hydrogens (tertiary/aromatic N) is 1. The van der Waals surface area contributed by atoms with Crippen LogP contribution in [0.1, 0.15) is 0 Å². The molecule has 8 heavy (non-hydrogen) atoms. The summed E-state index contributed by atoms with van der Waals surface area (Å²) in [5.74, 6) is 0. The second-order valence-corrected chi connectivity index (χ2v) is 1.28. The fourth-order valence-electron chi connectivity index (χ4n) is 0.363. The fourth-order valence-corrected chi connectivity index (χ4v) is 0.363. The Balaban J connectivity index is 0.000000490. The van der Waals surface area contributed by atoms with Gasteiger partial charge in [-0.15, -0.1) is 0 Å². The summed E-state index contributed by atoms with van der Waals surface area (Å²) >= 11 is 0. The average Bonchev–Trinajstić information content (AvgIpc) is 1.69. The number of rotatable bonds is 0. The van der Waals surface area contributed by atoms with Crippen molar-refractivity contribution in [3.05, 3.63) is 24.5 Å². The van der Waals surface area contributed by atoms with Gasteiger partial charge >= 0.3 is 0 Å². The van der Waals surface area contributed by atoms with Crippen LogP contribution in [0.25, 0.3) is 0 Å². The van der Waals surface area contributed by atoms with Crippen LogP contribution in [0.2, 0.25) is 0 Å². The number of nitrogen functional groups attached to an aromatic ring is 1. The summed E-state index contributed by atoms with van der Waals surface area (Å²) in [5, 5.41) is 0. The Morgan fingerprint density at radius 3 is 2.00 bits per heavy atom. The Hall–Kier alpha value is -0.531. The van der Waals surface area contributed by atoms with Crippen molar-refractivity contribution in [1.82, 2.24) is 4.98 Å². The first kappa shape index (κ1) is 7.47. The zero-order valence-electron chi connectivity index (χ0n) is 4.19. The first-order valence-corrected chi connectivity index (χ1v) is 2.05. The van der Waals surface area contributed by atoms with Crippen molar-refractivity contribution in [2.45, 2.75) is 0 Å². The molecule has 0 bridgehead atoms. The third kappa shape index (κ3) is 1.96. The minimum absolute atomic E-state index is 0. The minimum Gasteiger partial charge on any atom is -0.399 e. The van der Waals surface area contributed by atoms with E-state index in [0.717, 1.165) is 5.69 Å². The molecule has 2 nitrogen and oxygen atoms in total. The van der Waals surface area contributed by atoms with E-state index >= 15 is 0 Å². The summed E-state index contributed by atoms with van der Waals surface area (Å²) < 4.78 is 0. The smallest absolute Gasteiger partial charge is 0.0344 e. The van der Waals surface area contributed by atoms with E-state index in [2.05, 4.69) is 4.98 Å². The Morgan fingerprint density at radius 1 is 1.25 bits per heavy atom. The molecule has 1 heterocycles. The van der Waals surface area contributed by atoms with E-state index in [1.54, 1.807) is 24.5 Å². The van der Waals surface area contributed by atoms with E-state index in [-0.39, 0.29) is 17.1 Å². The predicted octanol–water partition coefficient (Wildman–Crippen LogP) is 0.661. The molecule has 3 heteroatoms. The van der Waals surface area contributed by atoms with Crippen LogP contribution >= 0.6 is 0 Å². The maximum atomic E-state index is 5.32. The van der Waals surface area contributed by atoms with Gasteiger partial charge in [-0.25, -0.2) is 0 Å². The molecule has 0 spiro atoms. The van der Waals surface area contributed by atoms with Gasteiger partial charge in [0.25, 0.3) is 0 Å². The van der Waals surface area contributed by atoms with Gasteiger partial charge in [-0.1, -0.05) is 0 Å². The van der Waals surface area contributed by atoms with Crippen LogP contribution in [0.5, 0.6) is 0 Å². The molecule has 1 aromatic rings. The van der Waals surface area contributed by atoms with Gasteiger partial charge < -0.3 is 5.73 Å². The average molecular weight is 150 g/mol. The molecule has 0 fully saturated rings. The summed E-state index contributed by atoms with van der Waals surface area (Å²) in [6.45, 7) is 0. The number of hydrogen-bond donors (Lipinski definition) is 1. The molecule has 0 aliphatic rings. The Labute approximate surface area is 58.6 Å². The van der Waals surface area contributed by atoms with E-state index in [1.165, 1.54) is 0 Å². The van der Waals surface area contributed by atoms with Crippen molar-refractivity contribution >= 4 is 5.69 Å². The standard InChI is InChI=1S/C5H6N2.Fe/c6-5-1-3-7-4-2-5;/h1-4H,(H2,6,7);. The van der Waals surface area contributed by atoms with Crippen molar-refractivity contribution < 1.29 is 17.1 Å². The van der Waals surface area contributed by atoms with Gasteiger partial charge in [0.05, 0.1) is 0 Å². The fraction of sp³-hybridized carbons (Fsp3) is 0. The van der Waals surface area contributed by atoms with Crippen molar-refractivity contribution in [3.8, 4) is 0 Å². The van der Waals surface area contributed by atoms with Crippen LogP contribution in [0, 0.1) is 0 Å². The molecule has 0 aliphatic heterocycles. The zero-order chi connectivity index (χ0) is 5.11. The molecule has 1 rings (SSSR count). The summed E-state index contributed by atoms with van der Waals surface area (Å²) in [6, 6.07) is 3.50. The number of pyridine rings is 1. The maximum absolute atomic E-state index is 5.32. The van der Waals surface area contributed by atoms with Crippen LogP contribution in [0.15, 0.2) is 24.5 Å². The molecule has 0 aromatic carbocycles. The molecule has 0 saturated carbocycles. The van der Waals surface area contributed by atoms with Crippen molar-refractivity contribution in [2.75, 3.05) is 5.73 Å². The summed E-state index contributed by atoms with van der Waals surface area (Å²) in [6.07, 6.45) is 3.32. The summed E-state index contributed by atoms with van der Waals surface area (Å²) in [7, 11) is 0. The molecule has 0 saturated heterocycles. The number of hydrogen-bond acceptors (Lipinski definition) is 2. The molecule has 44 valence electrons. The molecule has 0 radical (unpaired) electrons. The second kappa shape index (κ2) is 3.47. The van der Waals surface area contributed by atoms with Crippen LogP contribution in [0.4, 0.5) is 5.69 Å². The minimum atomic E-state index is 0. The molecule has 0 aliphatic carbocycles. The van der Waals surface area contributed by atoms with Crippen molar-refractivity contribution in [3.63, 3.8) is 0 Å². The number of nitrogens with two attached hydrogens (primary N) is 1. The molecule has 0 unspecified atom stereocenters. The van der Waals surface area contributed by atoms with E-state index in [9.17, 15) is 0 Å². The monoisotopic (exact) mass is 150 g/mol. The third-order valence-corrected chi connectivity index (χ3v) is 0.706. The first-order valence-electron chi connectivity index (χ1n) is 2.05. The van der Waals surface area contributed by atoms with E-state index in [4.69, 9.17) is 5.73 Å². The largest absolute Gasteiger partial charge is 0.399 e. The molecule has 1 aromatic heterocycles. The quantitative estimate of drug-likeness (QED) is 0.551. The van der Waals surface area contributed by atoms with Crippen LogP contribution in [-0.4, -0.2) is 4.98 Å². The van der Waals surface area contributed by atoms with Gasteiger partial charge in [0.15, 0.2) is 0 Å². The van der Waals surface area contributed by atoms with Crippen LogP contribution in [-0.2, 0) is 17.1 Å². The van der Waals surface area contributed by atoms with Gasteiger partial charge in [0.1, 0.15) is 0 Å². The zero-order valence-corrected chi connectivity index (χ0v) is 5.29. The Bertz CT molecular complexity index is 140. The summed E-state index contributed by atoms with van der Waals surface area (Å²) in [5.41, 5.74) is 6.08. The van der Waals surface area contributed by atoms with E-state index in [0.29, 0.717) is 0 Å². The first-order chi connectivity index (χ1) is 3.39. The van der Waals surface area contributed by atoms with Gasteiger partial charge in [0, 0.05) is 35.1 Å². The van der Waals surface area contributed by atoms with Crippen LogP contribution in [0.3, 0.4) is 0 Å². The van der Waals surface area contributed by atoms with E-state index in [1.807, 2.05) is 0 Å². The van der Waals surface area contributed by atoms with Gasteiger partial charge in [-0.3, -0.25) is 4.98 Å². The second-order valence-electron chi connectivity index (χ2n) is 1.28. The SMILES string of the molecule is Nc1ccncc1.[Fe]. The van der Waals surface area contributed by atoms with Gasteiger partial charge in [-0.2, -0.15) is 0 Å². The van der Waals surface area contributed by atoms with Gasteiger partial charge in [-0.05, 0) is 12.1 Å². The molecular formula is C5H6FeN2. The Kier molecular flexibility index (Phi) is 3.24. The topological polar surface area (TPSA) is 38.9 Å². The summed E-state index contributed by atoms with van der Waals surface area (Å²) in [4.78, 5) is 3.77. The molecule has 2 N–H and O–H groups in total. The van der Waals surface area contributed by atoms with Crippen LogP contribution < -0.4 is 5.73 Å². The Morgan fingerprint density at radius 2 is 1.75 bits per heavy atom. The van der Waals surface area contributed by atoms with Crippen molar-refractivity contribution in [1.29, 1.82) is 0 Å². The third-order valence-electron chi connectivity index (χ3n) is 0.706. The normalized spacial score (nSPS) is 7.50. The van der Waals surface area contributed by atoms with E-state index < -0.39 is 0 Å². The molecule has 0 amide bonds. The van der Waals surface area contributed by atoms with Gasteiger partial charge in [0.2, 0.25) is 0 Å².